The molecule has 0 aromatic heterocycles. The van der Waals surface area contributed by atoms with Crippen LogP contribution in [0, 0.1) is 0 Å². The molecule has 0 fully saturated rings. The lowest BCUT2D eigenvalue weighted by molar-refractivity contribution is -0.0267. The van der Waals surface area contributed by atoms with E-state index in [1.54, 1.807) is 6.92 Å². The highest BCUT2D eigenvalue weighted by Gasteiger charge is 2.52. The average Bonchev–Trinajstić information content (AvgIpc) is 2.86. The van der Waals surface area contributed by atoms with E-state index in [0.717, 1.165) is 12.0 Å². The van der Waals surface area contributed by atoms with Gasteiger partial charge in [0.1, 0.15) is 0 Å². The summed E-state index contributed by atoms with van der Waals surface area (Å²) in [5.41, 5.74) is 1.04. The minimum atomic E-state index is -2.83. The molecule has 3 aromatic carbocycles. The number of benzene rings is 3. The molecule has 35 heavy (non-hydrogen) atoms. The van der Waals surface area contributed by atoms with Crippen molar-refractivity contribution in [2.24, 2.45) is 0 Å². The van der Waals surface area contributed by atoms with Crippen LogP contribution in [0.3, 0.4) is 0 Å². The Bertz CT molecular complexity index is 1030. The number of hydrogen-bond donors (Lipinski definition) is 2. The highest BCUT2D eigenvalue weighted by Crippen LogP contribution is 2.39. The van der Waals surface area contributed by atoms with Crippen molar-refractivity contribution in [3.05, 3.63) is 108 Å². The van der Waals surface area contributed by atoms with Crippen molar-refractivity contribution in [2.45, 2.75) is 64.2 Å². The Hall–Kier alpha value is -2.50. The van der Waals surface area contributed by atoms with E-state index in [0.29, 0.717) is 6.42 Å². The van der Waals surface area contributed by atoms with Crippen LogP contribution in [0.2, 0.25) is 5.04 Å². The zero-order chi connectivity index (χ0) is 25.5. The van der Waals surface area contributed by atoms with Crippen molar-refractivity contribution < 1.29 is 14.6 Å². The van der Waals surface area contributed by atoms with E-state index in [4.69, 9.17) is 4.43 Å². The van der Waals surface area contributed by atoms with Crippen LogP contribution in [-0.2, 0) is 10.8 Å². The van der Waals surface area contributed by atoms with E-state index < -0.39 is 13.9 Å². The third-order valence-electron chi connectivity index (χ3n) is 6.71. The van der Waals surface area contributed by atoms with Gasteiger partial charge in [-0.25, -0.2) is 0 Å². The largest absolute Gasteiger partial charge is 0.401 e. The Morgan fingerprint density at radius 1 is 0.829 bits per heavy atom. The fourth-order valence-electron chi connectivity index (χ4n) is 4.69. The quantitative estimate of drug-likeness (QED) is 0.303. The molecule has 0 aliphatic rings. The minimum absolute atomic E-state index is 0.182. The topological polar surface area (TPSA) is 49.7 Å². The molecule has 2 atom stereocenters. The molecule has 0 heterocycles. The first-order chi connectivity index (χ1) is 16.6. The van der Waals surface area contributed by atoms with Gasteiger partial charge in [-0.3, -0.25) is 0 Å². The summed E-state index contributed by atoms with van der Waals surface area (Å²) in [5, 5.41) is 23.1. The van der Waals surface area contributed by atoms with Gasteiger partial charge >= 0.3 is 0 Å². The number of allylic oxidation sites excluding steroid dienone is 1. The third-order valence-corrected chi connectivity index (χ3v) is 11.8. The van der Waals surface area contributed by atoms with Gasteiger partial charge in [0.15, 0.2) is 0 Å². The summed E-state index contributed by atoms with van der Waals surface area (Å²) in [6.07, 6.45) is 2.94. The second-order valence-corrected chi connectivity index (χ2v) is 15.0. The van der Waals surface area contributed by atoms with Gasteiger partial charge < -0.3 is 14.6 Å². The lowest BCUT2D eigenvalue weighted by atomic mass is 9.95. The Balaban J connectivity index is 2.14. The molecule has 0 bridgehead atoms. The average molecular weight is 489 g/mol. The summed E-state index contributed by atoms with van der Waals surface area (Å²) in [4.78, 5) is 0. The molecule has 2 unspecified atom stereocenters. The van der Waals surface area contributed by atoms with Crippen LogP contribution in [0.1, 0.15) is 46.6 Å². The summed E-state index contributed by atoms with van der Waals surface area (Å²) in [5.74, 6) is 0. The van der Waals surface area contributed by atoms with E-state index in [-0.39, 0.29) is 17.7 Å². The van der Waals surface area contributed by atoms with Gasteiger partial charge in [-0.05, 0) is 46.8 Å². The highest BCUT2D eigenvalue weighted by atomic mass is 28.4. The van der Waals surface area contributed by atoms with Gasteiger partial charge in [0.05, 0.1) is 18.3 Å². The molecule has 0 aliphatic heterocycles. The lowest BCUT2D eigenvalue weighted by Crippen LogP contribution is -2.68. The van der Waals surface area contributed by atoms with Gasteiger partial charge in [-0.2, -0.15) is 0 Å². The van der Waals surface area contributed by atoms with Crippen molar-refractivity contribution in [3.8, 4) is 0 Å². The van der Waals surface area contributed by atoms with Crippen molar-refractivity contribution >= 4 is 18.7 Å². The van der Waals surface area contributed by atoms with Crippen molar-refractivity contribution in [2.75, 3.05) is 6.61 Å². The zero-order valence-electron chi connectivity index (χ0n) is 21.7. The molecule has 0 saturated carbocycles. The van der Waals surface area contributed by atoms with Crippen molar-refractivity contribution in [1.29, 1.82) is 0 Å². The summed E-state index contributed by atoms with van der Waals surface area (Å²) < 4.78 is 7.36. The molecular weight excluding hydrogens is 448 g/mol. The van der Waals surface area contributed by atoms with E-state index in [1.165, 1.54) is 15.9 Å². The molecule has 0 spiro atoms. The number of hydrogen-bond acceptors (Lipinski definition) is 3. The van der Waals surface area contributed by atoms with Gasteiger partial charge in [0.25, 0.3) is 8.32 Å². The van der Waals surface area contributed by atoms with Crippen LogP contribution >= 0.6 is 0 Å². The molecular formula is C31H40O3Si. The molecule has 4 heteroatoms. The van der Waals surface area contributed by atoms with Gasteiger partial charge in [0, 0.05) is 6.42 Å². The van der Waals surface area contributed by atoms with E-state index in [2.05, 4.69) is 94.4 Å². The normalized spacial score (nSPS) is 15.5. The Morgan fingerprint density at radius 2 is 1.29 bits per heavy atom. The van der Waals surface area contributed by atoms with Crippen molar-refractivity contribution in [3.63, 3.8) is 0 Å². The SMILES string of the molecule is C/C(=C\Cc1ccccc1)C(CC(C)(O)CO)O[Si](c1ccccc1)(c1ccccc1)C(C)(C)C. The van der Waals surface area contributed by atoms with Crippen LogP contribution in [0.25, 0.3) is 0 Å². The molecule has 3 aromatic rings. The number of aliphatic hydroxyl groups excluding tert-OH is 1. The molecule has 3 rings (SSSR count). The highest BCUT2D eigenvalue weighted by molar-refractivity contribution is 6.99. The van der Waals surface area contributed by atoms with E-state index in [1.807, 2.05) is 30.3 Å². The van der Waals surface area contributed by atoms with E-state index >= 15 is 0 Å². The maximum atomic E-state index is 10.9. The molecule has 0 radical (unpaired) electrons. The lowest BCUT2D eigenvalue weighted by Gasteiger charge is -2.46. The van der Waals surface area contributed by atoms with Gasteiger partial charge in [-0.1, -0.05) is 118 Å². The molecule has 2 N–H and O–H groups in total. The molecule has 0 saturated heterocycles. The van der Waals surface area contributed by atoms with E-state index in [9.17, 15) is 10.2 Å². The first kappa shape index (κ1) is 27.1. The Labute approximate surface area is 212 Å². The van der Waals surface area contributed by atoms with Gasteiger partial charge in [-0.15, -0.1) is 0 Å². The first-order valence-electron chi connectivity index (χ1n) is 12.4. The monoisotopic (exact) mass is 488 g/mol. The number of aliphatic hydroxyl groups is 2. The summed E-state index contributed by atoms with van der Waals surface area (Å²) >= 11 is 0. The summed E-state index contributed by atoms with van der Waals surface area (Å²) in [6.45, 7) is 10.2. The molecule has 0 amide bonds. The predicted octanol–water partition coefficient (Wildman–Crippen LogP) is 5.25. The first-order valence-corrected chi connectivity index (χ1v) is 14.3. The zero-order valence-corrected chi connectivity index (χ0v) is 22.7. The second kappa shape index (κ2) is 11.5. The molecule has 0 aliphatic carbocycles. The van der Waals surface area contributed by atoms with Crippen LogP contribution in [0.4, 0.5) is 0 Å². The standard InChI is InChI=1S/C31H40O3Si/c1-25(21-22-26-15-9-6-10-16-26)29(23-31(5,33)24-32)34-35(30(2,3)4,27-17-11-7-12-18-27)28-19-13-8-14-20-28/h6-21,29,32-33H,22-24H2,1-5H3/b25-21+. The fourth-order valence-corrected chi connectivity index (χ4v) is 9.40. The Morgan fingerprint density at radius 3 is 1.71 bits per heavy atom. The number of rotatable bonds is 10. The van der Waals surface area contributed by atoms with Crippen LogP contribution < -0.4 is 10.4 Å². The van der Waals surface area contributed by atoms with Crippen molar-refractivity contribution in [1.82, 2.24) is 0 Å². The maximum Gasteiger partial charge on any atom is 0.261 e. The maximum absolute atomic E-state index is 10.9. The third kappa shape index (κ3) is 6.59. The van der Waals surface area contributed by atoms with Gasteiger partial charge in [0.2, 0.25) is 0 Å². The second-order valence-electron chi connectivity index (χ2n) is 10.8. The Kier molecular flexibility index (Phi) is 8.89. The fraction of sp³-hybridized carbons (Fsp3) is 0.355. The smallest absolute Gasteiger partial charge is 0.261 e. The van der Waals surface area contributed by atoms with Crippen LogP contribution in [0.15, 0.2) is 103 Å². The summed E-state index contributed by atoms with van der Waals surface area (Å²) in [6, 6.07) is 31.4. The molecule has 3 nitrogen and oxygen atoms in total. The van der Waals surface area contributed by atoms with Crippen LogP contribution in [0.5, 0.6) is 0 Å². The minimum Gasteiger partial charge on any atom is -0.401 e. The summed E-state index contributed by atoms with van der Waals surface area (Å²) in [7, 11) is -2.83. The van der Waals surface area contributed by atoms with Crippen LogP contribution in [-0.4, -0.2) is 36.8 Å². The molecule has 186 valence electrons. The predicted molar refractivity (Wildman–Crippen MR) is 149 cm³/mol.